The smallest absolute Gasteiger partial charge is 0.215 e. The Balaban J connectivity index is 1.84. The molecule has 2 aromatic rings. The van der Waals surface area contributed by atoms with Gasteiger partial charge in [0.2, 0.25) is 10.0 Å². The van der Waals surface area contributed by atoms with Gasteiger partial charge in [0.15, 0.2) is 0 Å². The summed E-state index contributed by atoms with van der Waals surface area (Å²) in [7, 11) is -3.55. The third-order valence-corrected chi connectivity index (χ3v) is 4.25. The molecular weight excluding hydrogens is 295 g/mol. The number of nitrogens with one attached hydrogen (secondary N) is 1. The number of hydrogen-bond donors (Lipinski definition) is 1. The SMILES string of the molecule is Cc1ccc(CS(=O)(=O)NCCCn2ccnn2)c(F)c1. The van der Waals surface area contributed by atoms with E-state index in [2.05, 4.69) is 15.0 Å². The van der Waals surface area contributed by atoms with Crippen LogP contribution in [0.2, 0.25) is 0 Å². The molecule has 1 aromatic heterocycles. The van der Waals surface area contributed by atoms with E-state index in [1.165, 1.54) is 12.1 Å². The van der Waals surface area contributed by atoms with Gasteiger partial charge >= 0.3 is 0 Å². The van der Waals surface area contributed by atoms with Crippen molar-refractivity contribution in [3.63, 3.8) is 0 Å². The zero-order chi connectivity index (χ0) is 15.3. The minimum atomic E-state index is -3.55. The minimum absolute atomic E-state index is 0.171. The van der Waals surface area contributed by atoms with Crippen LogP contribution in [0.15, 0.2) is 30.6 Å². The number of benzene rings is 1. The summed E-state index contributed by atoms with van der Waals surface area (Å²) in [4.78, 5) is 0. The number of halogens is 1. The minimum Gasteiger partial charge on any atom is -0.253 e. The molecule has 1 aromatic carbocycles. The third kappa shape index (κ3) is 4.91. The summed E-state index contributed by atoms with van der Waals surface area (Å²) >= 11 is 0. The van der Waals surface area contributed by atoms with Crippen LogP contribution in [0, 0.1) is 12.7 Å². The van der Waals surface area contributed by atoms with Gasteiger partial charge in [0.25, 0.3) is 0 Å². The van der Waals surface area contributed by atoms with Crippen LogP contribution in [0.5, 0.6) is 0 Å². The zero-order valence-electron chi connectivity index (χ0n) is 11.7. The average molecular weight is 312 g/mol. The normalized spacial score (nSPS) is 11.7. The summed E-state index contributed by atoms with van der Waals surface area (Å²) in [6, 6.07) is 4.52. The highest BCUT2D eigenvalue weighted by Gasteiger charge is 2.14. The van der Waals surface area contributed by atoms with Crippen LogP contribution in [0.1, 0.15) is 17.5 Å². The number of rotatable bonds is 7. The average Bonchev–Trinajstić information content (AvgIpc) is 2.91. The van der Waals surface area contributed by atoms with Gasteiger partial charge in [-0.15, -0.1) is 5.10 Å². The van der Waals surface area contributed by atoms with Gasteiger partial charge in [0.1, 0.15) is 5.82 Å². The van der Waals surface area contributed by atoms with Crippen LogP contribution in [-0.2, 0) is 22.3 Å². The first kappa shape index (κ1) is 15.6. The highest BCUT2D eigenvalue weighted by atomic mass is 32.2. The quantitative estimate of drug-likeness (QED) is 0.780. The molecule has 6 nitrogen and oxygen atoms in total. The molecule has 114 valence electrons. The molecule has 0 bridgehead atoms. The number of aromatic nitrogens is 3. The maximum atomic E-state index is 13.6. The van der Waals surface area contributed by atoms with E-state index < -0.39 is 15.8 Å². The van der Waals surface area contributed by atoms with Gasteiger partial charge < -0.3 is 0 Å². The van der Waals surface area contributed by atoms with E-state index in [4.69, 9.17) is 0 Å². The molecular formula is C13H17FN4O2S. The van der Waals surface area contributed by atoms with Gasteiger partial charge in [-0.2, -0.15) is 0 Å². The number of nitrogens with zero attached hydrogens (tertiary/aromatic N) is 3. The Hall–Kier alpha value is -1.80. The predicted octanol–water partition coefficient (Wildman–Crippen LogP) is 1.24. The summed E-state index contributed by atoms with van der Waals surface area (Å²) in [6.45, 7) is 2.60. The molecule has 1 heterocycles. The van der Waals surface area contributed by atoms with E-state index >= 15 is 0 Å². The van der Waals surface area contributed by atoms with Crippen LogP contribution in [0.25, 0.3) is 0 Å². The van der Waals surface area contributed by atoms with Crippen molar-refractivity contribution in [1.29, 1.82) is 0 Å². The Kier molecular flexibility index (Phi) is 5.03. The molecule has 0 unspecified atom stereocenters. The molecule has 1 N–H and O–H groups in total. The van der Waals surface area contributed by atoms with Crippen molar-refractivity contribution in [1.82, 2.24) is 19.7 Å². The standard InChI is InChI=1S/C13H17FN4O2S/c1-11-3-4-12(13(14)9-11)10-21(19,20)16-5-2-7-18-8-6-15-17-18/h3-4,6,8-9,16H,2,5,7,10H2,1H3. The fourth-order valence-corrected chi connectivity index (χ4v) is 3.05. The maximum absolute atomic E-state index is 13.6. The van der Waals surface area contributed by atoms with E-state index in [1.54, 1.807) is 30.1 Å². The lowest BCUT2D eigenvalue weighted by Crippen LogP contribution is -2.27. The molecule has 21 heavy (non-hydrogen) atoms. The number of sulfonamides is 1. The van der Waals surface area contributed by atoms with Crippen LogP contribution in [-0.4, -0.2) is 30.0 Å². The molecule has 0 saturated carbocycles. The van der Waals surface area contributed by atoms with E-state index in [9.17, 15) is 12.8 Å². The molecule has 0 saturated heterocycles. The van der Waals surface area contributed by atoms with Crippen molar-refractivity contribution >= 4 is 10.0 Å². The molecule has 0 aliphatic carbocycles. The van der Waals surface area contributed by atoms with Gasteiger partial charge in [0.05, 0.1) is 11.9 Å². The summed E-state index contributed by atoms with van der Waals surface area (Å²) in [6.07, 6.45) is 3.85. The maximum Gasteiger partial charge on any atom is 0.215 e. The van der Waals surface area contributed by atoms with E-state index in [-0.39, 0.29) is 17.9 Å². The first-order chi connectivity index (χ1) is 9.96. The van der Waals surface area contributed by atoms with Gasteiger partial charge in [-0.25, -0.2) is 17.5 Å². The molecule has 0 fully saturated rings. The lowest BCUT2D eigenvalue weighted by Gasteiger charge is -2.08. The molecule has 8 heteroatoms. The van der Waals surface area contributed by atoms with Crippen molar-refractivity contribution in [3.8, 4) is 0 Å². The predicted molar refractivity (Wildman–Crippen MR) is 76.4 cm³/mol. The fraction of sp³-hybridized carbons (Fsp3) is 0.385. The second kappa shape index (κ2) is 6.77. The second-order valence-electron chi connectivity index (χ2n) is 4.77. The molecule has 0 amide bonds. The molecule has 0 spiro atoms. The molecule has 2 rings (SSSR count). The lowest BCUT2D eigenvalue weighted by molar-refractivity contribution is 0.540. The fourth-order valence-electron chi connectivity index (χ4n) is 1.85. The molecule has 0 atom stereocenters. The van der Waals surface area contributed by atoms with Crippen molar-refractivity contribution in [3.05, 3.63) is 47.5 Å². The van der Waals surface area contributed by atoms with Crippen LogP contribution >= 0.6 is 0 Å². The monoisotopic (exact) mass is 312 g/mol. The van der Waals surface area contributed by atoms with E-state index in [0.717, 1.165) is 5.56 Å². The third-order valence-electron chi connectivity index (χ3n) is 2.91. The topological polar surface area (TPSA) is 76.9 Å². The van der Waals surface area contributed by atoms with Gasteiger partial charge in [0, 0.05) is 24.8 Å². The Morgan fingerprint density at radius 3 is 2.86 bits per heavy atom. The first-order valence-electron chi connectivity index (χ1n) is 6.53. The summed E-state index contributed by atoms with van der Waals surface area (Å²) < 4.78 is 41.5. The largest absolute Gasteiger partial charge is 0.253 e. The highest BCUT2D eigenvalue weighted by molar-refractivity contribution is 7.88. The molecule has 0 aliphatic heterocycles. The van der Waals surface area contributed by atoms with Crippen molar-refractivity contribution in [2.75, 3.05) is 6.54 Å². The summed E-state index contributed by atoms with van der Waals surface area (Å²) in [5, 5.41) is 7.43. The Bertz CT molecular complexity index is 686. The first-order valence-corrected chi connectivity index (χ1v) is 8.18. The van der Waals surface area contributed by atoms with Crippen LogP contribution < -0.4 is 4.72 Å². The van der Waals surface area contributed by atoms with Crippen molar-refractivity contribution < 1.29 is 12.8 Å². The Morgan fingerprint density at radius 1 is 1.38 bits per heavy atom. The molecule has 0 radical (unpaired) electrons. The highest BCUT2D eigenvalue weighted by Crippen LogP contribution is 2.12. The van der Waals surface area contributed by atoms with Crippen LogP contribution in [0.3, 0.4) is 0 Å². The molecule has 0 aliphatic rings. The Morgan fingerprint density at radius 2 is 2.19 bits per heavy atom. The lowest BCUT2D eigenvalue weighted by atomic mass is 10.2. The van der Waals surface area contributed by atoms with Gasteiger partial charge in [-0.05, 0) is 25.0 Å². The van der Waals surface area contributed by atoms with E-state index in [1.807, 2.05) is 0 Å². The summed E-state index contributed by atoms with van der Waals surface area (Å²) in [5.41, 5.74) is 0.929. The number of aryl methyl sites for hydroxylation is 2. The van der Waals surface area contributed by atoms with E-state index in [0.29, 0.717) is 13.0 Å². The van der Waals surface area contributed by atoms with Crippen molar-refractivity contribution in [2.24, 2.45) is 0 Å². The second-order valence-corrected chi connectivity index (χ2v) is 6.57. The van der Waals surface area contributed by atoms with Gasteiger partial charge in [-0.3, -0.25) is 4.68 Å². The van der Waals surface area contributed by atoms with Crippen LogP contribution in [0.4, 0.5) is 4.39 Å². The number of hydrogen-bond acceptors (Lipinski definition) is 4. The van der Waals surface area contributed by atoms with Gasteiger partial charge in [-0.1, -0.05) is 17.3 Å². The zero-order valence-corrected chi connectivity index (χ0v) is 12.5. The van der Waals surface area contributed by atoms with Crippen molar-refractivity contribution in [2.45, 2.75) is 25.6 Å². The Labute approximate surface area is 123 Å². The summed E-state index contributed by atoms with van der Waals surface area (Å²) in [5.74, 6) is -0.856.